The lowest BCUT2D eigenvalue weighted by Crippen LogP contribution is -1.98. The lowest BCUT2D eigenvalue weighted by molar-refractivity contribution is -0.136. The summed E-state index contributed by atoms with van der Waals surface area (Å²) in [7, 11) is 0. The number of nitrogens with one attached hydrogen (secondary N) is 1. The van der Waals surface area contributed by atoms with Gasteiger partial charge >= 0.3 is 5.97 Å². The first-order valence-corrected chi connectivity index (χ1v) is 5.97. The number of hydrogen-bond donors (Lipinski definition) is 2. The summed E-state index contributed by atoms with van der Waals surface area (Å²) in [6.45, 7) is 0. The lowest BCUT2D eigenvalue weighted by atomic mass is 10.2. The minimum Gasteiger partial charge on any atom is -0.481 e. The van der Waals surface area contributed by atoms with Crippen molar-refractivity contribution in [3.05, 3.63) is 40.6 Å². The van der Waals surface area contributed by atoms with E-state index in [2.05, 4.69) is 25.9 Å². The molecule has 0 aliphatic carbocycles. The maximum Gasteiger partial charge on any atom is 0.303 e. The number of aromatic amines is 1. The Balaban J connectivity index is 2.22. The van der Waals surface area contributed by atoms with Gasteiger partial charge in [0.2, 0.25) is 0 Å². The molecule has 88 valence electrons. The molecule has 0 atom stereocenters. The van der Waals surface area contributed by atoms with Crippen LogP contribution in [0.1, 0.15) is 12.1 Å². The molecule has 1 heterocycles. The summed E-state index contributed by atoms with van der Waals surface area (Å²) in [4.78, 5) is 18.0. The van der Waals surface area contributed by atoms with Crippen LogP contribution in [0, 0.1) is 0 Å². The normalized spacial score (nSPS) is 10.4. The molecule has 4 nitrogen and oxygen atoms in total. The number of benzene rings is 1. The Bertz CT molecular complexity index is 523. The molecule has 2 aromatic rings. The third kappa shape index (κ3) is 2.94. The van der Waals surface area contributed by atoms with Gasteiger partial charge in [-0.3, -0.25) is 4.79 Å². The molecule has 0 aliphatic heterocycles. The largest absolute Gasteiger partial charge is 0.481 e. The van der Waals surface area contributed by atoms with Gasteiger partial charge in [0.1, 0.15) is 10.4 Å². The summed E-state index contributed by atoms with van der Waals surface area (Å²) in [5.41, 5.74) is 1.79. The van der Waals surface area contributed by atoms with Gasteiger partial charge in [0.15, 0.2) is 0 Å². The topological polar surface area (TPSA) is 66.0 Å². The van der Waals surface area contributed by atoms with Crippen molar-refractivity contribution in [3.8, 4) is 11.4 Å². The molecule has 0 spiro atoms. The molecule has 2 N–H and O–H groups in total. The number of nitrogens with zero attached hydrogens (tertiary/aromatic N) is 1. The molecule has 0 saturated heterocycles. The Hall–Kier alpha value is -1.62. The highest BCUT2D eigenvalue weighted by molar-refractivity contribution is 9.10. The number of carboxylic acids is 1. The van der Waals surface area contributed by atoms with E-state index in [9.17, 15) is 4.79 Å². The molecule has 0 saturated carbocycles. The number of halogens is 1. The summed E-state index contributed by atoms with van der Waals surface area (Å²) in [6, 6.07) is 9.71. The van der Waals surface area contributed by atoms with Crippen LogP contribution in [-0.2, 0) is 11.2 Å². The lowest BCUT2D eigenvalue weighted by Gasteiger charge is -1.95. The third-order valence-corrected chi connectivity index (χ3v) is 3.02. The Morgan fingerprint density at radius 1 is 1.35 bits per heavy atom. The summed E-state index contributed by atoms with van der Waals surface area (Å²) >= 11 is 3.33. The number of aromatic nitrogens is 2. The number of carbonyl (C=O) groups is 1. The van der Waals surface area contributed by atoms with Gasteiger partial charge in [0, 0.05) is 12.0 Å². The Morgan fingerprint density at radius 3 is 2.71 bits per heavy atom. The van der Waals surface area contributed by atoms with E-state index in [0.717, 1.165) is 17.1 Å². The Labute approximate surface area is 107 Å². The van der Waals surface area contributed by atoms with E-state index in [1.165, 1.54) is 0 Å². The van der Waals surface area contributed by atoms with E-state index in [1.54, 1.807) is 0 Å². The fraction of sp³-hybridized carbons (Fsp3) is 0.167. The second-order valence-electron chi connectivity index (χ2n) is 3.61. The summed E-state index contributed by atoms with van der Waals surface area (Å²) < 4.78 is 0.678. The van der Waals surface area contributed by atoms with Crippen molar-refractivity contribution in [1.82, 2.24) is 9.97 Å². The molecular formula is C12H11BrN2O2. The molecule has 0 unspecified atom stereocenters. The van der Waals surface area contributed by atoms with Crippen molar-refractivity contribution in [1.29, 1.82) is 0 Å². The van der Waals surface area contributed by atoms with E-state index in [4.69, 9.17) is 5.11 Å². The number of H-pyrrole nitrogens is 1. The number of carboxylic acid groups (broad SMARTS) is 1. The van der Waals surface area contributed by atoms with Crippen molar-refractivity contribution in [2.75, 3.05) is 0 Å². The fourth-order valence-corrected chi connectivity index (χ4v) is 1.99. The van der Waals surface area contributed by atoms with E-state index >= 15 is 0 Å². The molecule has 0 bridgehead atoms. The molecule has 5 heteroatoms. The molecule has 17 heavy (non-hydrogen) atoms. The average molecular weight is 295 g/mol. The van der Waals surface area contributed by atoms with Crippen LogP contribution in [0.25, 0.3) is 11.4 Å². The predicted octanol–water partition coefficient (Wildman–Crippen LogP) is 2.86. The van der Waals surface area contributed by atoms with E-state index in [0.29, 0.717) is 11.0 Å². The summed E-state index contributed by atoms with van der Waals surface area (Å²) in [5, 5.41) is 8.64. The first-order chi connectivity index (χ1) is 8.16. The van der Waals surface area contributed by atoms with Crippen LogP contribution in [0.4, 0.5) is 0 Å². The zero-order valence-corrected chi connectivity index (χ0v) is 10.6. The average Bonchev–Trinajstić information content (AvgIpc) is 2.69. The van der Waals surface area contributed by atoms with Crippen LogP contribution in [0.15, 0.2) is 34.9 Å². The highest BCUT2D eigenvalue weighted by atomic mass is 79.9. The second kappa shape index (κ2) is 5.14. The number of hydrogen-bond acceptors (Lipinski definition) is 2. The van der Waals surface area contributed by atoms with Crippen LogP contribution >= 0.6 is 15.9 Å². The van der Waals surface area contributed by atoms with Crippen molar-refractivity contribution in [2.45, 2.75) is 12.8 Å². The van der Waals surface area contributed by atoms with E-state index < -0.39 is 5.97 Å². The number of rotatable bonds is 4. The monoisotopic (exact) mass is 294 g/mol. The van der Waals surface area contributed by atoms with Gasteiger partial charge in [-0.1, -0.05) is 30.3 Å². The fourth-order valence-electron chi connectivity index (χ4n) is 1.52. The van der Waals surface area contributed by atoms with E-state index in [-0.39, 0.29) is 6.42 Å². The predicted molar refractivity (Wildman–Crippen MR) is 67.7 cm³/mol. The molecule has 1 aromatic carbocycles. The summed E-state index contributed by atoms with van der Waals surface area (Å²) in [5.74, 6) is -0.0642. The van der Waals surface area contributed by atoms with Crippen LogP contribution in [-0.4, -0.2) is 21.0 Å². The van der Waals surface area contributed by atoms with Crippen molar-refractivity contribution >= 4 is 21.9 Å². The highest BCUT2D eigenvalue weighted by Crippen LogP contribution is 2.22. The minimum absolute atomic E-state index is 0.0923. The van der Waals surface area contributed by atoms with Gasteiger partial charge < -0.3 is 10.1 Å². The van der Waals surface area contributed by atoms with Crippen LogP contribution in [0.2, 0.25) is 0 Å². The maximum absolute atomic E-state index is 10.5. The van der Waals surface area contributed by atoms with Gasteiger partial charge in [0.05, 0.1) is 12.1 Å². The first-order valence-electron chi connectivity index (χ1n) is 5.18. The smallest absolute Gasteiger partial charge is 0.303 e. The maximum atomic E-state index is 10.5. The van der Waals surface area contributed by atoms with Crippen molar-refractivity contribution in [2.24, 2.45) is 0 Å². The molecule has 0 aliphatic rings. The van der Waals surface area contributed by atoms with Gasteiger partial charge in [-0.05, 0) is 15.9 Å². The Morgan fingerprint density at radius 2 is 2.06 bits per heavy atom. The second-order valence-corrected chi connectivity index (χ2v) is 4.37. The SMILES string of the molecule is O=C(O)CCc1[nH]c(-c2ccccc2)nc1Br. The third-order valence-electron chi connectivity index (χ3n) is 2.36. The van der Waals surface area contributed by atoms with Crippen LogP contribution < -0.4 is 0 Å². The summed E-state index contributed by atoms with van der Waals surface area (Å²) in [6.07, 6.45) is 0.533. The first kappa shape index (κ1) is 11.9. The van der Waals surface area contributed by atoms with Crippen molar-refractivity contribution < 1.29 is 9.90 Å². The highest BCUT2D eigenvalue weighted by Gasteiger charge is 2.10. The Kier molecular flexibility index (Phi) is 3.58. The molecular weight excluding hydrogens is 284 g/mol. The quantitative estimate of drug-likeness (QED) is 0.911. The van der Waals surface area contributed by atoms with Gasteiger partial charge in [-0.2, -0.15) is 0 Å². The molecule has 0 amide bonds. The zero-order chi connectivity index (χ0) is 12.3. The molecule has 1 aromatic heterocycles. The molecule has 0 radical (unpaired) electrons. The van der Waals surface area contributed by atoms with Gasteiger partial charge in [-0.15, -0.1) is 0 Å². The molecule has 2 rings (SSSR count). The van der Waals surface area contributed by atoms with Crippen LogP contribution in [0.5, 0.6) is 0 Å². The van der Waals surface area contributed by atoms with Crippen LogP contribution in [0.3, 0.4) is 0 Å². The van der Waals surface area contributed by atoms with E-state index in [1.807, 2.05) is 30.3 Å². The van der Waals surface area contributed by atoms with Gasteiger partial charge in [-0.25, -0.2) is 4.98 Å². The molecule has 0 fully saturated rings. The van der Waals surface area contributed by atoms with Crippen molar-refractivity contribution in [3.63, 3.8) is 0 Å². The van der Waals surface area contributed by atoms with Gasteiger partial charge in [0.25, 0.3) is 0 Å². The number of aliphatic carboxylic acids is 1. The number of imidazole rings is 1. The zero-order valence-electron chi connectivity index (χ0n) is 8.98. The number of aryl methyl sites for hydroxylation is 1. The standard InChI is InChI=1S/C12H11BrN2O2/c13-11-9(6-7-10(16)17)14-12(15-11)8-4-2-1-3-5-8/h1-5H,6-7H2,(H,14,15)(H,16,17). The minimum atomic E-state index is -0.812.